The fraction of sp³-hybridized carbons (Fsp3) is 0.594. The number of carbonyl (C=O) groups excluding carboxylic acids is 4. The number of carbonyl (C=O) groups is 4. The van der Waals surface area contributed by atoms with Gasteiger partial charge in [-0.15, -0.1) is 11.3 Å². The van der Waals surface area contributed by atoms with Crippen LogP contribution in [0.2, 0.25) is 0 Å². The van der Waals surface area contributed by atoms with E-state index in [-0.39, 0.29) is 31.2 Å². The van der Waals surface area contributed by atoms with E-state index in [4.69, 9.17) is 4.74 Å². The number of unbranched alkanes of at least 4 members (excludes halogenated alkanes) is 3. The Morgan fingerprint density at radius 2 is 2.00 bits per heavy atom. The van der Waals surface area contributed by atoms with Crippen LogP contribution in [0.4, 0.5) is 4.39 Å². The molecule has 0 bridgehead atoms. The van der Waals surface area contributed by atoms with E-state index in [9.17, 15) is 23.6 Å². The molecule has 1 saturated carbocycles. The number of rotatable bonds is 14. The number of thiazole rings is 1. The van der Waals surface area contributed by atoms with Crippen molar-refractivity contribution in [2.45, 2.75) is 103 Å². The van der Waals surface area contributed by atoms with Gasteiger partial charge in [0.05, 0.1) is 22.7 Å². The molecule has 234 valence electrons. The number of likely N-dealkylation sites (tertiary alicyclic amines) is 1. The highest BCUT2D eigenvalue weighted by molar-refractivity contribution is 7.13. The van der Waals surface area contributed by atoms with Gasteiger partial charge in [-0.3, -0.25) is 14.4 Å². The first-order valence-corrected chi connectivity index (χ1v) is 16.0. The van der Waals surface area contributed by atoms with Gasteiger partial charge in [0.2, 0.25) is 11.8 Å². The minimum absolute atomic E-state index is 0.162. The van der Waals surface area contributed by atoms with Gasteiger partial charge in [-0.05, 0) is 68.9 Å². The minimum atomic E-state index is -1.89. The Morgan fingerprint density at radius 3 is 2.65 bits per heavy atom. The molecular weight excluding hydrogens is 571 g/mol. The van der Waals surface area contributed by atoms with Crippen LogP contribution in [0.5, 0.6) is 5.75 Å². The number of hydrogen-bond acceptors (Lipinski definition) is 7. The SMILES string of the molecule is Cc1ncsc1-c1ccc(CNC(=O)C2CCCN2C(=O)C(NC(=O)C2(F)CC2)C(C)(C)C)c(OCCCCCC=O)c1. The van der Waals surface area contributed by atoms with Crippen LogP contribution in [0.25, 0.3) is 10.4 Å². The third-order valence-electron chi connectivity index (χ3n) is 8.07. The largest absolute Gasteiger partial charge is 0.493 e. The highest BCUT2D eigenvalue weighted by atomic mass is 32.1. The third-order valence-corrected chi connectivity index (χ3v) is 9.05. The minimum Gasteiger partial charge on any atom is -0.493 e. The summed E-state index contributed by atoms with van der Waals surface area (Å²) < 4.78 is 20.6. The Kier molecular flexibility index (Phi) is 10.6. The lowest BCUT2D eigenvalue weighted by Gasteiger charge is -2.35. The second-order valence-corrected chi connectivity index (χ2v) is 13.5. The van der Waals surface area contributed by atoms with Crippen molar-refractivity contribution in [3.05, 3.63) is 35.0 Å². The number of alkyl halides is 1. The lowest BCUT2D eigenvalue weighted by atomic mass is 9.85. The smallest absolute Gasteiger partial charge is 0.258 e. The predicted octanol–water partition coefficient (Wildman–Crippen LogP) is 4.90. The van der Waals surface area contributed by atoms with Crippen LogP contribution in [-0.2, 0) is 25.7 Å². The number of aryl methyl sites for hydroxylation is 1. The summed E-state index contributed by atoms with van der Waals surface area (Å²) in [5.41, 5.74) is 1.96. The van der Waals surface area contributed by atoms with Gasteiger partial charge in [-0.2, -0.15) is 0 Å². The maximum atomic E-state index is 14.4. The molecule has 2 heterocycles. The molecule has 43 heavy (non-hydrogen) atoms. The first-order valence-electron chi connectivity index (χ1n) is 15.1. The molecule has 11 heteroatoms. The molecular formula is C32H43FN4O5S. The zero-order valence-corrected chi connectivity index (χ0v) is 26.4. The topological polar surface area (TPSA) is 118 Å². The molecule has 2 fully saturated rings. The van der Waals surface area contributed by atoms with Gasteiger partial charge in [0.25, 0.3) is 5.91 Å². The number of aldehydes is 1. The van der Waals surface area contributed by atoms with Crippen molar-refractivity contribution in [2.75, 3.05) is 13.2 Å². The Labute approximate surface area is 257 Å². The number of benzene rings is 1. The number of nitrogens with one attached hydrogen (secondary N) is 2. The van der Waals surface area contributed by atoms with Crippen LogP contribution in [0, 0.1) is 12.3 Å². The highest BCUT2D eigenvalue weighted by Gasteiger charge is 2.53. The summed E-state index contributed by atoms with van der Waals surface area (Å²) >= 11 is 1.55. The molecule has 1 aromatic heterocycles. The van der Waals surface area contributed by atoms with E-state index in [1.165, 1.54) is 4.90 Å². The van der Waals surface area contributed by atoms with Gasteiger partial charge in [-0.1, -0.05) is 32.9 Å². The zero-order chi connectivity index (χ0) is 31.2. The first-order chi connectivity index (χ1) is 20.4. The molecule has 9 nitrogen and oxygen atoms in total. The average molecular weight is 615 g/mol. The number of amides is 3. The van der Waals surface area contributed by atoms with Crippen molar-refractivity contribution < 1.29 is 28.3 Å². The molecule has 0 spiro atoms. The van der Waals surface area contributed by atoms with E-state index in [1.807, 2.05) is 45.9 Å². The average Bonchev–Trinajstić information content (AvgIpc) is 3.33. The van der Waals surface area contributed by atoms with Crippen LogP contribution in [0.3, 0.4) is 0 Å². The second-order valence-electron chi connectivity index (χ2n) is 12.6. The highest BCUT2D eigenvalue weighted by Crippen LogP contribution is 2.40. The number of halogens is 1. The number of hydrogen-bond donors (Lipinski definition) is 2. The number of ether oxygens (including phenoxy) is 1. The van der Waals surface area contributed by atoms with Crippen molar-refractivity contribution in [1.82, 2.24) is 20.5 Å². The molecule has 1 aliphatic heterocycles. The molecule has 0 radical (unpaired) electrons. The summed E-state index contributed by atoms with van der Waals surface area (Å²) in [6.07, 6.45) is 5.45. The zero-order valence-electron chi connectivity index (χ0n) is 25.5. The number of aromatic nitrogens is 1. The summed E-state index contributed by atoms with van der Waals surface area (Å²) in [6.45, 7) is 8.50. The molecule has 2 aromatic rings. The summed E-state index contributed by atoms with van der Waals surface area (Å²) in [4.78, 5) is 57.1. The molecule has 2 aliphatic rings. The van der Waals surface area contributed by atoms with Gasteiger partial charge < -0.3 is 25.1 Å². The van der Waals surface area contributed by atoms with Crippen molar-refractivity contribution in [3.8, 4) is 16.2 Å². The van der Waals surface area contributed by atoms with E-state index in [2.05, 4.69) is 15.6 Å². The van der Waals surface area contributed by atoms with Crippen LogP contribution in [-0.4, -0.2) is 64.8 Å². The number of nitrogens with zero attached hydrogens (tertiary/aromatic N) is 2. The summed E-state index contributed by atoms with van der Waals surface area (Å²) in [5.74, 6) is -0.743. The van der Waals surface area contributed by atoms with Crippen LogP contribution in [0.1, 0.15) is 83.4 Å². The van der Waals surface area contributed by atoms with Gasteiger partial charge in [0.15, 0.2) is 5.67 Å². The van der Waals surface area contributed by atoms with Crippen LogP contribution >= 0.6 is 11.3 Å². The Morgan fingerprint density at radius 1 is 1.23 bits per heavy atom. The Hall–Kier alpha value is -3.34. The standard InChI is InChI=1S/C32H43FN4O5S/c1-21-26(43-20-35-21)22-11-12-23(25(18-22)42-17-8-6-5-7-16-38)19-34-28(39)24-10-9-15-37(24)29(40)27(31(2,3)4)36-30(41)32(33)13-14-32/h11-12,16,18,20,24,27H,5-10,13-15,17,19H2,1-4H3,(H,34,39)(H,36,41). The normalized spacial score (nSPS) is 18.2. The molecule has 4 rings (SSSR count). The monoisotopic (exact) mass is 614 g/mol. The fourth-order valence-electron chi connectivity index (χ4n) is 5.26. The quantitative estimate of drug-likeness (QED) is 0.231. The lowest BCUT2D eigenvalue weighted by molar-refractivity contribution is -0.144. The maximum Gasteiger partial charge on any atom is 0.258 e. The third kappa shape index (κ3) is 8.19. The van der Waals surface area contributed by atoms with E-state index in [0.717, 1.165) is 47.2 Å². The maximum absolute atomic E-state index is 14.4. The predicted molar refractivity (Wildman–Crippen MR) is 163 cm³/mol. The van der Waals surface area contributed by atoms with Gasteiger partial charge in [0.1, 0.15) is 24.1 Å². The van der Waals surface area contributed by atoms with Gasteiger partial charge in [-0.25, -0.2) is 9.37 Å². The Balaban J connectivity index is 1.44. The van der Waals surface area contributed by atoms with Crippen molar-refractivity contribution >= 4 is 35.3 Å². The molecule has 2 atom stereocenters. The lowest BCUT2D eigenvalue weighted by Crippen LogP contribution is -2.58. The van der Waals surface area contributed by atoms with Gasteiger partial charge in [0, 0.05) is 25.1 Å². The molecule has 1 saturated heterocycles. The van der Waals surface area contributed by atoms with Gasteiger partial charge >= 0.3 is 0 Å². The van der Waals surface area contributed by atoms with Crippen molar-refractivity contribution in [1.29, 1.82) is 0 Å². The fourth-order valence-corrected chi connectivity index (χ4v) is 6.06. The molecule has 3 amide bonds. The summed E-state index contributed by atoms with van der Waals surface area (Å²) in [5, 5.41) is 5.64. The van der Waals surface area contributed by atoms with E-state index < -0.39 is 29.1 Å². The van der Waals surface area contributed by atoms with E-state index in [0.29, 0.717) is 38.2 Å². The van der Waals surface area contributed by atoms with Crippen LogP contribution in [0.15, 0.2) is 23.7 Å². The molecule has 1 aliphatic carbocycles. The van der Waals surface area contributed by atoms with E-state index >= 15 is 0 Å². The molecule has 2 unspecified atom stereocenters. The second kappa shape index (κ2) is 14.0. The summed E-state index contributed by atoms with van der Waals surface area (Å²) in [7, 11) is 0. The van der Waals surface area contributed by atoms with Crippen molar-refractivity contribution in [2.24, 2.45) is 5.41 Å². The molecule has 1 aromatic carbocycles. The van der Waals surface area contributed by atoms with Crippen LogP contribution < -0.4 is 15.4 Å². The Bertz CT molecular complexity index is 1320. The van der Waals surface area contributed by atoms with E-state index in [1.54, 1.807) is 16.8 Å². The first kappa shape index (κ1) is 32.6. The van der Waals surface area contributed by atoms with Crippen molar-refractivity contribution in [3.63, 3.8) is 0 Å². The molecule has 2 N–H and O–H groups in total. The summed E-state index contributed by atoms with van der Waals surface area (Å²) in [6, 6.07) is 4.25.